The molecule has 2 aromatic rings. The molecule has 2 rings (SSSR count). The van der Waals surface area contributed by atoms with Crippen LogP contribution in [-0.4, -0.2) is 28.3 Å². The number of aromatic nitrogens is 2. The molecule has 124 valence electrons. The Bertz CT molecular complexity index is 716. The van der Waals surface area contributed by atoms with E-state index in [4.69, 9.17) is 5.73 Å². The molecule has 1 aromatic carbocycles. The lowest BCUT2D eigenvalue weighted by Crippen LogP contribution is -2.31. The molecule has 0 bridgehead atoms. The van der Waals surface area contributed by atoms with Crippen LogP contribution in [0.25, 0.3) is 5.69 Å². The van der Waals surface area contributed by atoms with Gasteiger partial charge in [-0.15, -0.1) is 12.4 Å². The van der Waals surface area contributed by atoms with Gasteiger partial charge in [-0.1, -0.05) is 0 Å². The van der Waals surface area contributed by atoms with Crippen molar-refractivity contribution in [1.82, 2.24) is 15.1 Å². The molecule has 0 aliphatic carbocycles. The number of hydrogen-bond donors (Lipinski definition) is 2. The maximum Gasteiger partial charge on any atom is 0.271 e. The largest absolute Gasteiger partial charge is 0.351 e. The average molecular weight is 341 g/mol. The van der Waals surface area contributed by atoms with Crippen LogP contribution in [0.5, 0.6) is 0 Å². The number of carbonyl (C=O) groups is 1. The summed E-state index contributed by atoms with van der Waals surface area (Å²) in [5.41, 5.74) is 5.69. The quantitative estimate of drug-likeness (QED) is 0.857. The molecule has 0 aliphatic heterocycles. The van der Waals surface area contributed by atoms with Gasteiger partial charge in [-0.25, -0.2) is 4.39 Å². The fourth-order valence-corrected chi connectivity index (χ4v) is 1.80. The first-order valence-electron chi connectivity index (χ1n) is 6.87. The van der Waals surface area contributed by atoms with E-state index < -0.39 is 17.3 Å². The zero-order valence-corrected chi connectivity index (χ0v) is 13.3. The normalized spacial score (nSPS) is 11.4. The van der Waals surface area contributed by atoms with Crippen LogP contribution in [-0.2, 0) is 0 Å². The van der Waals surface area contributed by atoms with Crippen molar-refractivity contribution in [2.45, 2.75) is 19.4 Å². The zero-order valence-electron chi connectivity index (χ0n) is 12.5. The number of nitrogens with two attached hydrogens (primary N) is 1. The predicted molar refractivity (Wildman–Crippen MR) is 87.6 cm³/mol. The van der Waals surface area contributed by atoms with Gasteiger partial charge in [0.25, 0.3) is 11.5 Å². The Morgan fingerprint density at radius 1 is 1.30 bits per heavy atom. The molecule has 23 heavy (non-hydrogen) atoms. The number of carbonyl (C=O) groups excluding carboxylic acids is 1. The topological polar surface area (TPSA) is 90.0 Å². The van der Waals surface area contributed by atoms with Gasteiger partial charge in [0.1, 0.15) is 11.5 Å². The van der Waals surface area contributed by atoms with E-state index in [1.807, 2.05) is 6.92 Å². The van der Waals surface area contributed by atoms with Crippen LogP contribution in [0.4, 0.5) is 4.39 Å². The van der Waals surface area contributed by atoms with E-state index >= 15 is 0 Å². The average Bonchev–Trinajstić information content (AvgIpc) is 2.48. The smallest absolute Gasteiger partial charge is 0.271 e. The fourth-order valence-electron chi connectivity index (χ4n) is 1.80. The summed E-state index contributed by atoms with van der Waals surface area (Å²) in [5.74, 6) is -0.807. The van der Waals surface area contributed by atoms with Crippen LogP contribution in [0.3, 0.4) is 0 Å². The zero-order chi connectivity index (χ0) is 16.1. The lowest BCUT2D eigenvalue weighted by molar-refractivity contribution is 0.0946. The molecule has 0 fully saturated rings. The van der Waals surface area contributed by atoms with Gasteiger partial charge in [0.15, 0.2) is 0 Å². The Balaban J connectivity index is 0.00000264. The summed E-state index contributed by atoms with van der Waals surface area (Å²) in [7, 11) is 0. The number of nitrogens with one attached hydrogen (secondary N) is 1. The third-order valence-corrected chi connectivity index (χ3v) is 2.99. The van der Waals surface area contributed by atoms with E-state index in [0.717, 1.165) is 4.68 Å². The van der Waals surface area contributed by atoms with Gasteiger partial charge >= 0.3 is 0 Å². The van der Waals surface area contributed by atoms with Gasteiger partial charge in [0.05, 0.1) is 5.69 Å². The highest BCUT2D eigenvalue weighted by Crippen LogP contribution is 2.05. The van der Waals surface area contributed by atoms with Crippen LogP contribution < -0.4 is 16.6 Å². The maximum absolute atomic E-state index is 12.9. The van der Waals surface area contributed by atoms with Gasteiger partial charge in [-0.2, -0.15) is 9.78 Å². The van der Waals surface area contributed by atoms with Crippen LogP contribution in [0.2, 0.25) is 0 Å². The minimum absolute atomic E-state index is 0. The molecule has 1 unspecified atom stereocenters. The molecule has 0 radical (unpaired) electrons. The van der Waals surface area contributed by atoms with E-state index in [1.165, 1.54) is 36.4 Å². The second kappa shape index (κ2) is 8.40. The Morgan fingerprint density at radius 2 is 1.96 bits per heavy atom. The summed E-state index contributed by atoms with van der Waals surface area (Å²) < 4.78 is 14.0. The molecule has 0 saturated heterocycles. The van der Waals surface area contributed by atoms with Crippen molar-refractivity contribution in [3.63, 3.8) is 0 Å². The molecule has 0 aliphatic rings. The molecule has 3 N–H and O–H groups in total. The van der Waals surface area contributed by atoms with Gasteiger partial charge in [0.2, 0.25) is 0 Å². The number of hydrogen-bond acceptors (Lipinski definition) is 4. The van der Waals surface area contributed by atoms with E-state index in [0.29, 0.717) is 18.7 Å². The third kappa shape index (κ3) is 5.15. The Morgan fingerprint density at radius 3 is 2.57 bits per heavy atom. The summed E-state index contributed by atoms with van der Waals surface area (Å²) in [6.07, 6.45) is 0.642. The first kappa shape index (κ1) is 18.8. The summed E-state index contributed by atoms with van der Waals surface area (Å²) in [6, 6.07) is 7.86. The second-order valence-corrected chi connectivity index (χ2v) is 4.97. The van der Waals surface area contributed by atoms with Crippen molar-refractivity contribution in [2.75, 3.05) is 6.54 Å². The summed E-state index contributed by atoms with van der Waals surface area (Å²) in [5, 5.41) is 6.69. The van der Waals surface area contributed by atoms with Crippen molar-refractivity contribution < 1.29 is 9.18 Å². The summed E-state index contributed by atoms with van der Waals surface area (Å²) in [6.45, 7) is 2.27. The number of rotatable bonds is 5. The highest BCUT2D eigenvalue weighted by Gasteiger charge is 2.10. The van der Waals surface area contributed by atoms with Crippen LogP contribution in [0, 0.1) is 5.82 Å². The molecule has 0 saturated carbocycles. The van der Waals surface area contributed by atoms with Gasteiger partial charge in [-0.3, -0.25) is 9.59 Å². The maximum atomic E-state index is 12.9. The highest BCUT2D eigenvalue weighted by atomic mass is 35.5. The van der Waals surface area contributed by atoms with Crippen LogP contribution in [0.15, 0.2) is 41.2 Å². The number of nitrogens with zero attached hydrogens (tertiary/aromatic N) is 2. The van der Waals surface area contributed by atoms with E-state index in [-0.39, 0.29) is 24.1 Å². The molecule has 1 atom stereocenters. The van der Waals surface area contributed by atoms with Gasteiger partial charge in [-0.05, 0) is 43.7 Å². The van der Waals surface area contributed by atoms with Crippen molar-refractivity contribution in [3.05, 3.63) is 58.3 Å². The van der Waals surface area contributed by atoms with Gasteiger partial charge in [0, 0.05) is 18.7 Å². The molecule has 0 spiro atoms. The minimum Gasteiger partial charge on any atom is -0.351 e. The number of amides is 1. The summed E-state index contributed by atoms with van der Waals surface area (Å²) >= 11 is 0. The monoisotopic (exact) mass is 340 g/mol. The lowest BCUT2D eigenvalue weighted by Gasteiger charge is -2.09. The SMILES string of the molecule is CC(N)CCNC(=O)c1ccc(=O)n(-c2ccc(F)cc2)n1.Cl. The lowest BCUT2D eigenvalue weighted by atomic mass is 10.2. The first-order chi connectivity index (χ1) is 10.5. The Kier molecular flexibility index (Phi) is 6.87. The Hall–Kier alpha value is -2.25. The molecule has 1 amide bonds. The number of benzene rings is 1. The number of halogens is 2. The van der Waals surface area contributed by atoms with Crippen molar-refractivity contribution in [1.29, 1.82) is 0 Å². The molecule has 8 heteroatoms. The summed E-state index contributed by atoms with van der Waals surface area (Å²) in [4.78, 5) is 23.8. The second-order valence-electron chi connectivity index (χ2n) is 4.97. The van der Waals surface area contributed by atoms with Gasteiger partial charge < -0.3 is 11.1 Å². The van der Waals surface area contributed by atoms with Crippen molar-refractivity contribution >= 4 is 18.3 Å². The van der Waals surface area contributed by atoms with E-state index in [2.05, 4.69) is 10.4 Å². The van der Waals surface area contributed by atoms with Crippen LogP contribution in [0.1, 0.15) is 23.8 Å². The fraction of sp³-hybridized carbons (Fsp3) is 0.267. The molecular weight excluding hydrogens is 323 g/mol. The minimum atomic E-state index is -0.415. The Labute approximate surface area is 138 Å². The standard InChI is InChI=1S/C15H17FN4O2.ClH/c1-10(17)8-9-18-15(22)13-6-7-14(21)20(19-13)12-4-2-11(16)3-5-12;/h2-7,10H,8-9,17H2,1H3,(H,18,22);1H. The molecular formula is C15H18ClFN4O2. The van der Waals surface area contributed by atoms with Crippen molar-refractivity contribution in [2.24, 2.45) is 5.73 Å². The molecule has 1 heterocycles. The highest BCUT2D eigenvalue weighted by molar-refractivity contribution is 5.92. The first-order valence-corrected chi connectivity index (χ1v) is 6.87. The molecule has 6 nitrogen and oxygen atoms in total. The predicted octanol–water partition coefficient (Wildman–Crippen LogP) is 1.26. The molecule has 1 aromatic heterocycles. The van der Waals surface area contributed by atoms with Crippen LogP contribution >= 0.6 is 12.4 Å². The third-order valence-electron chi connectivity index (χ3n) is 2.99. The van der Waals surface area contributed by atoms with Crippen molar-refractivity contribution in [3.8, 4) is 5.69 Å². The van der Waals surface area contributed by atoms with E-state index in [9.17, 15) is 14.0 Å². The van der Waals surface area contributed by atoms with E-state index in [1.54, 1.807) is 0 Å².